The van der Waals surface area contributed by atoms with Crippen LogP contribution in [0.15, 0.2) is 40.9 Å². The third kappa shape index (κ3) is 2.64. The molecule has 0 saturated heterocycles. The molecule has 1 heterocycles. The second kappa shape index (κ2) is 5.46. The zero-order valence-corrected chi connectivity index (χ0v) is 13.4. The first-order valence-corrected chi connectivity index (χ1v) is 7.33. The summed E-state index contributed by atoms with van der Waals surface area (Å²) in [5.74, 6) is 0.553. The van der Waals surface area contributed by atoms with Crippen molar-refractivity contribution in [2.24, 2.45) is 0 Å². The molecule has 2 N–H and O–H groups in total. The molecule has 106 valence electrons. The molecule has 3 aromatic rings. The number of hydrogen-bond acceptors (Lipinski definition) is 4. The lowest BCUT2D eigenvalue weighted by atomic mass is 10.1. The van der Waals surface area contributed by atoms with Gasteiger partial charge in [0.2, 0.25) is 0 Å². The van der Waals surface area contributed by atoms with Gasteiger partial charge in [0, 0.05) is 15.7 Å². The molecule has 0 fully saturated rings. The number of nitrogens with zero attached hydrogens (tertiary/aromatic N) is 4. The van der Waals surface area contributed by atoms with Crippen LogP contribution < -0.4 is 5.73 Å². The summed E-state index contributed by atoms with van der Waals surface area (Å²) in [7, 11) is 0. The first-order chi connectivity index (χ1) is 10.1. The van der Waals surface area contributed by atoms with Crippen LogP contribution in [0.4, 0.5) is 5.69 Å². The van der Waals surface area contributed by atoms with Crippen LogP contribution in [0.3, 0.4) is 0 Å². The molecule has 0 radical (unpaired) electrons. The van der Waals surface area contributed by atoms with Gasteiger partial charge < -0.3 is 5.73 Å². The Hall–Kier alpha value is -1.92. The molecule has 0 spiro atoms. The van der Waals surface area contributed by atoms with E-state index in [0.717, 1.165) is 15.7 Å². The minimum Gasteiger partial charge on any atom is -0.399 e. The normalized spacial score (nSPS) is 10.8. The Labute approximate surface area is 134 Å². The van der Waals surface area contributed by atoms with Crippen LogP contribution in [0.1, 0.15) is 5.56 Å². The first kappa shape index (κ1) is 14.0. The SMILES string of the molecule is Cc1cc(Br)ccc1-n1nnnc1-c1cc(N)ccc1Cl. The van der Waals surface area contributed by atoms with Gasteiger partial charge in [-0.15, -0.1) is 5.10 Å². The van der Waals surface area contributed by atoms with Crippen molar-refractivity contribution in [1.82, 2.24) is 20.2 Å². The van der Waals surface area contributed by atoms with Gasteiger partial charge in [0.05, 0.1) is 10.7 Å². The Morgan fingerprint density at radius 3 is 2.76 bits per heavy atom. The van der Waals surface area contributed by atoms with E-state index in [9.17, 15) is 0 Å². The van der Waals surface area contributed by atoms with E-state index in [1.165, 1.54) is 0 Å². The fraction of sp³-hybridized carbons (Fsp3) is 0.0714. The highest BCUT2D eigenvalue weighted by molar-refractivity contribution is 9.10. The summed E-state index contributed by atoms with van der Waals surface area (Å²) in [5, 5.41) is 12.5. The van der Waals surface area contributed by atoms with E-state index in [4.69, 9.17) is 17.3 Å². The highest BCUT2D eigenvalue weighted by Crippen LogP contribution is 2.30. The highest BCUT2D eigenvalue weighted by atomic mass is 79.9. The summed E-state index contributed by atoms with van der Waals surface area (Å²) < 4.78 is 2.66. The van der Waals surface area contributed by atoms with Crippen molar-refractivity contribution in [3.05, 3.63) is 51.5 Å². The standard InChI is InChI=1S/C14H11BrClN5/c1-8-6-9(15)2-5-13(8)21-14(18-19-20-21)11-7-10(17)3-4-12(11)16/h2-7H,17H2,1H3. The van der Waals surface area contributed by atoms with Crippen LogP contribution in [0.2, 0.25) is 5.02 Å². The number of halogens is 2. The van der Waals surface area contributed by atoms with Crippen molar-refractivity contribution in [3.8, 4) is 17.1 Å². The number of tetrazole rings is 1. The van der Waals surface area contributed by atoms with Gasteiger partial charge in [0.1, 0.15) is 0 Å². The van der Waals surface area contributed by atoms with Crippen LogP contribution >= 0.6 is 27.5 Å². The van der Waals surface area contributed by atoms with Gasteiger partial charge in [0.25, 0.3) is 0 Å². The molecule has 2 aromatic carbocycles. The monoisotopic (exact) mass is 363 g/mol. The molecule has 0 saturated carbocycles. The number of anilines is 1. The summed E-state index contributed by atoms with van der Waals surface area (Å²) in [5.41, 5.74) is 9.06. The van der Waals surface area contributed by atoms with Crippen molar-refractivity contribution in [2.75, 3.05) is 5.73 Å². The van der Waals surface area contributed by atoms with Gasteiger partial charge in [-0.05, 0) is 59.3 Å². The van der Waals surface area contributed by atoms with E-state index in [1.807, 2.05) is 25.1 Å². The molecule has 3 rings (SSSR count). The van der Waals surface area contributed by atoms with Gasteiger partial charge in [-0.25, -0.2) is 0 Å². The van der Waals surface area contributed by atoms with Crippen molar-refractivity contribution in [3.63, 3.8) is 0 Å². The van der Waals surface area contributed by atoms with Crippen LogP contribution in [0.5, 0.6) is 0 Å². The third-order valence-electron chi connectivity index (χ3n) is 3.09. The lowest BCUT2D eigenvalue weighted by molar-refractivity contribution is 0.787. The second-order valence-electron chi connectivity index (χ2n) is 4.58. The zero-order chi connectivity index (χ0) is 15.0. The van der Waals surface area contributed by atoms with Gasteiger partial charge >= 0.3 is 0 Å². The molecule has 0 amide bonds. The fourth-order valence-electron chi connectivity index (χ4n) is 2.09. The summed E-state index contributed by atoms with van der Waals surface area (Å²) in [6, 6.07) is 11.1. The molecule has 21 heavy (non-hydrogen) atoms. The smallest absolute Gasteiger partial charge is 0.188 e. The zero-order valence-electron chi connectivity index (χ0n) is 11.1. The van der Waals surface area contributed by atoms with E-state index in [0.29, 0.717) is 22.1 Å². The number of nitrogen functional groups attached to an aromatic ring is 1. The Bertz CT molecular complexity index is 815. The Morgan fingerprint density at radius 1 is 1.19 bits per heavy atom. The minimum absolute atomic E-state index is 0.551. The van der Waals surface area contributed by atoms with Gasteiger partial charge in [-0.3, -0.25) is 0 Å². The Balaban J connectivity index is 2.19. The molecule has 7 heteroatoms. The Kier molecular flexibility index (Phi) is 3.65. The number of benzene rings is 2. The molecule has 0 aliphatic carbocycles. The predicted molar refractivity (Wildman–Crippen MR) is 86.4 cm³/mol. The minimum atomic E-state index is 0.551. The van der Waals surface area contributed by atoms with Crippen molar-refractivity contribution >= 4 is 33.2 Å². The van der Waals surface area contributed by atoms with Gasteiger partial charge in [0.15, 0.2) is 5.82 Å². The number of nitrogens with two attached hydrogens (primary N) is 1. The predicted octanol–water partition coefficient (Wildman–Crippen LogP) is 3.64. The molecule has 0 aliphatic heterocycles. The lowest BCUT2D eigenvalue weighted by Gasteiger charge is -2.09. The topological polar surface area (TPSA) is 69.6 Å². The van der Waals surface area contributed by atoms with E-state index in [1.54, 1.807) is 22.9 Å². The summed E-state index contributed by atoms with van der Waals surface area (Å²) in [6.07, 6.45) is 0. The van der Waals surface area contributed by atoms with Gasteiger partial charge in [-0.2, -0.15) is 4.68 Å². The molecule has 1 aromatic heterocycles. The van der Waals surface area contributed by atoms with Gasteiger partial charge in [-0.1, -0.05) is 27.5 Å². The Morgan fingerprint density at radius 2 is 2.00 bits per heavy atom. The summed E-state index contributed by atoms with van der Waals surface area (Å²) >= 11 is 9.69. The molecule has 0 aliphatic rings. The van der Waals surface area contributed by atoms with E-state index >= 15 is 0 Å². The van der Waals surface area contributed by atoms with E-state index < -0.39 is 0 Å². The molecule has 5 nitrogen and oxygen atoms in total. The largest absolute Gasteiger partial charge is 0.399 e. The van der Waals surface area contributed by atoms with Crippen LogP contribution in [-0.2, 0) is 0 Å². The summed E-state index contributed by atoms with van der Waals surface area (Å²) in [6.45, 7) is 1.99. The van der Waals surface area contributed by atoms with Crippen molar-refractivity contribution in [1.29, 1.82) is 0 Å². The number of rotatable bonds is 2. The quantitative estimate of drug-likeness (QED) is 0.705. The maximum atomic E-state index is 6.24. The molecule has 0 atom stereocenters. The maximum absolute atomic E-state index is 6.24. The summed E-state index contributed by atoms with van der Waals surface area (Å²) in [4.78, 5) is 0. The number of aromatic nitrogens is 4. The van der Waals surface area contributed by atoms with Crippen molar-refractivity contribution < 1.29 is 0 Å². The molecular weight excluding hydrogens is 354 g/mol. The van der Waals surface area contributed by atoms with E-state index in [-0.39, 0.29) is 0 Å². The lowest BCUT2D eigenvalue weighted by Crippen LogP contribution is -2.02. The molecule has 0 unspecified atom stereocenters. The number of aryl methyl sites for hydroxylation is 1. The second-order valence-corrected chi connectivity index (χ2v) is 5.91. The third-order valence-corrected chi connectivity index (χ3v) is 3.91. The number of hydrogen-bond donors (Lipinski definition) is 1. The fourth-order valence-corrected chi connectivity index (χ4v) is 2.77. The van der Waals surface area contributed by atoms with Crippen LogP contribution in [0.25, 0.3) is 17.1 Å². The van der Waals surface area contributed by atoms with E-state index in [2.05, 4.69) is 31.5 Å². The van der Waals surface area contributed by atoms with Crippen LogP contribution in [-0.4, -0.2) is 20.2 Å². The average Bonchev–Trinajstić information content (AvgIpc) is 2.90. The highest BCUT2D eigenvalue weighted by Gasteiger charge is 2.15. The molecular formula is C14H11BrClN5. The average molecular weight is 365 g/mol. The van der Waals surface area contributed by atoms with Crippen LogP contribution in [0, 0.1) is 6.92 Å². The molecule has 0 bridgehead atoms. The first-order valence-electron chi connectivity index (χ1n) is 6.16. The van der Waals surface area contributed by atoms with Crippen molar-refractivity contribution in [2.45, 2.75) is 6.92 Å². The maximum Gasteiger partial charge on any atom is 0.188 e.